The number of nitrogens with one attached hydrogen (secondary N) is 3. The van der Waals surface area contributed by atoms with Crippen LogP contribution >= 0.6 is 24.0 Å². The fourth-order valence-electron chi connectivity index (χ4n) is 3.13. The summed E-state index contributed by atoms with van der Waals surface area (Å²) in [6.45, 7) is 9.42. The Hall–Kier alpha value is -2.14. The second-order valence-electron chi connectivity index (χ2n) is 7.55. The molecule has 0 aliphatic carbocycles. The van der Waals surface area contributed by atoms with Gasteiger partial charge in [-0.15, -0.1) is 24.0 Å². The topological polar surface area (TPSA) is 94.8 Å². The first kappa shape index (κ1) is 27.9. The van der Waals surface area contributed by atoms with Crippen molar-refractivity contribution in [1.29, 1.82) is 0 Å². The molecule has 0 saturated heterocycles. The highest BCUT2D eigenvalue weighted by Gasteiger charge is 2.13. The molecule has 1 aromatic heterocycles. The molecule has 32 heavy (non-hydrogen) atoms. The smallest absolute Gasteiger partial charge is 0.251 e. The molecule has 0 aliphatic heterocycles. The molecule has 1 heterocycles. The molecule has 1 amide bonds. The number of aromatic nitrogens is 1. The molecule has 2 aromatic rings. The van der Waals surface area contributed by atoms with Gasteiger partial charge >= 0.3 is 0 Å². The van der Waals surface area contributed by atoms with Crippen molar-refractivity contribution < 1.29 is 9.32 Å². The minimum atomic E-state index is -0.0654. The maximum atomic E-state index is 12.4. The number of amides is 1. The molecule has 0 aliphatic rings. The highest BCUT2D eigenvalue weighted by Crippen LogP contribution is 2.15. The molecule has 0 bridgehead atoms. The summed E-state index contributed by atoms with van der Waals surface area (Å²) in [7, 11) is 3.96. The van der Waals surface area contributed by atoms with Crippen molar-refractivity contribution in [3.8, 4) is 0 Å². The predicted molar refractivity (Wildman–Crippen MR) is 140 cm³/mol. The first-order valence-electron chi connectivity index (χ1n) is 11.0. The van der Waals surface area contributed by atoms with Crippen LogP contribution < -0.4 is 16.0 Å². The summed E-state index contributed by atoms with van der Waals surface area (Å²) in [6, 6.07) is 7.59. The van der Waals surface area contributed by atoms with E-state index in [-0.39, 0.29) is 29.9 Å². The number of likely N-dealkylation sites (N-methyl/N-ethyl adjacent to an activating group) is 1. The van der Waals surface area contributed by atoms with Gasteiger partial charge in [0.25, 0.3) is 5.91 Å². The molecule has 3 N–H and O–H groups in total. The van der Waals surface area contributed by atoms with Gasteiger partial charge in [-0.3, -0.25) is 4.79 Å². The number of benzene rings is 1. The molecule has 0 fully saturated rings. The fourth-order valence-corrected chi connectivity index (χ4v) is 3.13. The summed E-state index contributed by atoms with van der Waals surface area (Å²) in [5.74, 6) is 1.56. The third-order valence-corrected chi connectivity index (χ3v) is 4.84. The summed E-state index contributed by atoms with van der Waals surface area (Å²) in [5, 5.41) is 13.8. The van der Waals surface area contributed by atoms with Crippen molar-refractivity contribution in [2.45, 2.75) is 46.7 Å². The average molecular weight is 556 g/mol. The molecule has 2 rings (SSSR count). The molecule has 0 radical (unpaired) electrons. The van der Waals surface area contributed by atoms with Crippen molar-refractivity contribution in [3.05, 3.63) is 52.4 Å². The summed E-state index contributed by atoms with van der Waals surface area (Å²) < 4.78 is 5.44. The Balaban J connectivity index is 0.00000512. The zero-order valence-electron chi connectivity index (χ0n) is 19.8. The normalized spacial score (nSPS) is 11.2. The lowest BCUT2D eigenvalue weighted by Crippen LogP contribution is -2.37. The number of hydrogen-bond donors (Lipinski definition) is 3. The van der Waals surface area contributed by atoms with Gasteiger partial charge in [-0.2, -0.15) is 0 Å². The van der Waals surface area contributed by atoms with Crippen LogP contribution in [0.3, 0.4) is 0 Å². The Morgan fingerprint density at radius 3 is 2.56 bits per heavy atom. The van der Waals surface area contributed by atoms with E-state index < -0.39 is 0 Å². The zero-order chi connectivity index (χ0) is 22.6. The molecule has 0 unspecified atom stereocenters. The number of carbonyl (C=O) groups is 1. The van der Waals surface area contributed by atoms with E-state index in [9.17, 15) is 4.79 Å². The second-order valence-corrected chi connectivity index (χ2v) is 7.55. The first-order valence-corrected chi connectivity index (χ1v) is 11.0. The van der Waals surface area contributed by atoms with Crippen molar-refractivity contribution in [3.63, 3.8) is 0 Å². The highest BCUT2D eigenvalue weighted by atomic mass is 127. The van der Waals surface area contributed by atoms with Gasteiger partial charge in [-0.1, -0.05) is 31.1 Å². The number of hydrogen-bond acceptors (Lipinski definition) is 5. The van der Waals surface area contributed by atoms with Gasteiger partial charge in [0.05, 0.1) is 12.2 Å². The minimum Gasteiger partial charge on any atom is -0.361 e. The Morgan fingerprint density at radius 1 is 1.12 bits per heavy atom. The number of aryl methyl sites for hydroxylation is 2. The lowest BCUT2D eigenvalue weighted by atomic mass is 10.1. The Bertz CT molecular complexity index is 844. The Kier molecular flexibility index (Phi) is 12.9. The van der Waals surface area contributed by atoms with Crippen molar-refractivity contribution >= 4 is 35.8 Å². The van der Waals surface area contributed by atoms with Gasteiger partial charge < -0.3 is 25.4 Å². The van der Waals surface area contributed by atoms with E-state index in [1.54, 1.807) is 0 Å². The van der Waals surface area contributed by atoms with E-state index >= 15 is 0 Å². The zero-order valence-corrected chi connectivity index (χ0v) is 22.2. The molecule has 8 nitrogen and oxygen atoms in total. The molecular weight excluding hydrogens is 519 g/mol. The van der Waals surface area contributed by atoms with E-state index in [1.165, 1.54) is 0 Å². The Labute approximate surface area is 208 Å². The van der Waals surface area contributed by atoms with Crippen LogP contribution in [0.15, 0.2) is 33.8 Å². The van der Waals surface area contributed by atoms with E-state index in [0.717, 1.165) is 48.5 Å². The number of halogens is 1. The number of guanidine groups is 1. The molecule has 0 atom stereocenters. The van der Waals surface area contributed by atoms with Crippen molar-refractivity contribution in [2.75, 3.05) is 33.7 Å². The standard InChI is InChI=1S/C23H36N6O2.HI/c1-6-20-19(21(7-2)31-28-20)16-27-23(24-8-3)26-15-17-10-9-11-18(14-17)22(30)25-12-13-29(4)5;/h9-11,14H,6-8,12-13,15-16H2,1-5H3,(H,25,30)(H2,24,26,27);1H. The van der Waals surface area contributed by atoms with Crippen LogP contribution in [0.5, 0.6) is 0 Å². The lowest BCUT2D eigenvalue weighted by molar-refractivity contribution is 0.0951. The predicted octanol–water partition coefficient (Wildman–Crippen LogP) is 2.96. The number of nitrogens with zero attached hydrogens (tertiary/aromatic N) is 3. The van der Waals surface area contributed by atoms with Crippen LogP contribution in [-0.4, -0.2) is 55.7 Å². The largest absolute Gasteiger partial charge is 0.361 e. The quantitative estimate of drug-likeness (QED) is 0.224. The Morgan fingerprint density at radius 2 is 1.91 bits per heavy atom. The number of carbonyl (C=O) groups excluding carboxylic acids is 1. The highest BCUT2D eigenvalue weighted by molar-refractivity contribution is 14.0. The van der Waals surface area contributed by atoms with E-state index in [2.05, 4.69) is 39.9 Å². The molecule has 0 spiro atoms. The van der Waals surface area contributed by atoms with E-state index in [1.807, 2.05) is 50.2 Å². The van der Waals surface area contributed by atoms with Crippen molar-refractivity contribution in [2.24, 2.45) is 4.99 Å². The third kappa shape index (κ3) is 8.78. The summed E-state index contributed by atoms with van der Waals surface area (Å²) in [4.78, 5) is 19.1. The minimum absolute atomic E-state index is 0. The van der Waals surface area contributed by atoms with Gasteiger partial charge in [-0.25, -0.2) is 4.99 Å². The molecular formula is C23H37IN6O2. The lowest BCUT2D eigenvalue weighted by Gasteiger charge is -2.12. The van der Waals surface area contributed by atoms with Crippen LogP contribution in [0.4, 0.5) is 0 Å². The molecule has 0 saturated carbocycles. The number of rotatable bonds is 11. The summed E-state index contributed by atoms with van der Waals surface area (Å²) in [6.07, 6.45) is 1.64. The van der Waals surface area contributed by atoms with Gasteiger partial charge in [0.15, 0.2) is 5.96 Å². The fraction of sp³-hybridized carbons (Fsp3) is 0.522. The van der Waals surface area contributed by atoms with E-state index in [0.29, 0.717) is 31.2 Å². The molecule has 9 heteroatoms. The van der Waals surface area contributed by atoms with Gasteiger partial charge in [0.2, 0.25) is 0 Å². The third-order valence-electron chi connectivity index (χ3n) is 4.84. The van der Waals surface area contributed by atoms with Crippen LogP contribution in [0.1, 0.15) is 53.7 Å². The number of aliphatic imine (C=N–C) groups is 1. The van der Waals surface area contributed by atoms with Crippen LogP contribution in [0.25, 0.3) is 0 Å². The van der Waals surface area contributed by atoms with Crippen LogP contribution in [-0.2, 0) is 25.9 Å². The van der Waals surface area contributed by atoms with Gasteiger partial charge in [0, 0.05) is 43.7 Å². The monoisotopic (exact) mass is 556 g/mol. The maximum Gasteiger partial charge on any atom is 0.251 e. The van der Waals surface area contributed by atoms with E-state index in [4.69, 9.17) is 4.52 Å². The van der Waals surface area contributed by atoms with Gasteiger partial charge in [-0.05, 0) is 45.1 Å². The average Bonchev–Trinajstić information content (AvgIpc) is 3.17. The van der Waals surface area contributed by atoms with Crippen LogP contribution in [0, 0.1) is 0 Å². The second kappa shape index (κ2) is 14.8. The molecule has 178 valence electrons. The van der Waals surface area contributed by atoms with Crippen LogP contribution in [0.2, 0.25) is 0 Å². The summed E-state index contributed by atoms with van der Waals surface area (Å²) in [5.41, 5.74) is 3.71. The molecule has 1 aromatic carbocycles. The SMILES string of the molecule is CCNC(=NCc1cccc(C(=O)NCCN(C)C)c1)NCc1c(CC)noc1CC.I. The van der Waals surface area contributed by atoms with Crippen molar-refractivity contribution in [1.82, 2.24) is 26.0 Å². The summed E-state index contributed by atoms with van der Waals surface area (Å²) >= 11 is 0. The maximum absolute atomic E-state index is 12.4. The van der Waals surface area contributed by atoms with Gasteiger partial charge in [0.1, 0.15) is 5.76 Å². The first-order chi connectivity index (χ1) is 15.0.